The first-order chi connectivity index (χ1) is 6.11. The predicted octanol–water partition coefficient (Wildman–Crippen LogP) is 1.53. The Morgan fingerprint density at radius 1 is 1.46 bits per heavy atom. The van der Waals surface area contributed by atoms with E-state index < -0.39 is 0 Å². The number of rotatable bonds is 6. The molecule has 3 heteroatoms. The van der Waals surface area contributed by atoms with Gasteiger partial charge in [-0.05, 0) is 12.8 Å². The van der Waals surface area contributed by atoms with Crippen LogP contribution in [0.3, 0.4) is 0 Å². The summed E-state index contributed by atoms with van der Waals surface area (Å²) in [6, 6.07) is 0. The number of ether oxygens (including phenoxy) is 1. The van der Waals surface area contributed by atoms with Gasteiger partial charge >= 0.3 is 0 Å². The molecule has 0 radical (unpaired) electrons. The Kier molecular flexibility index (Phi) is 6.59. The van der Waals surface area contributed by atoms with Crippen LogP contribution < -0.4 is 0 Å². The molecular formula is C10H21NO2. The second kappa shape index (κ2) is 6.89. The van der Waals surface area contributed by atoms with Crippen molar-refractivity contribution in [2.45, 2.75) is 27.2 Å². The lowest BCUT2D eigenvalue weighted by Gasteiger charge is -2.20. The average molecular weight is 187 g/mol. The molecule has 78 valence electrons. The average Bonchev–Trinajstić information content (AvgIpc) is 2.13. The molecule has 0 N–H and O–H groups in total. The molecule has 0 aliphatic carbocycles. The zero-order valence-electron chi connectivity index (χ0n) is 9.17. The van der Waals surface area contributed by atoms with Crippen LogP contribution in [-0.2, 0) is 9.53 Å². The Labute approximate surface area is 81.1 Å². The van der Waals surface area contributed by atoms with Gasteiger partial charge in [-0.15, -0.1) is 0 Å². The summed E-state index contributed by atoms with van der Waals surface area (Å²) in [4.78, 5) is 13.1. The molecule has 1 amide bonds. The Morgan fingerprint density at radius 3 is 2.54 bits per heavy atom. The lowest BCUT2D eigenvalue weighted by atomic mass is 10.1. The number of carbonyl (C=O) groups excluding carboxylic acids is 1. The van der Waals surface area contributed by atoms with Gasteiger partial charge in [0.1, 0.15) is 6.61 Å². The maximum Gasteiger partial charge on any atom is 0.248 e. The van der Waals surface area contributed by atoms with E-state index in [9.17, 15) is 4.79 Å². The minimum Gasteiger partial charge on any atom is -0.372 e. The zero-order chi connectivity index (χ0) is 10.3. The highest BCUT2D eigenvalue weighted by molar-refractivity contribution is 5.77. The summed E-state index contributed by atoms with van der Waals surface area (Å²) in [5.74, 6) is 0.637. The molecular weight excluding hydrogens is 166 g/mol. The second-order valence-electron chi connectivity index (χ2n) is 3.42. The lowest BCUT2D eigenvalue weighted by Crippen LogP contribution is -2.33. The van der Waals surface area contributed by atoms with Crippen molar-refractivity contribution in [3.63, 3.8) is 0 Å². The fourth-order valence-corrected chi connectivity index (χ4v) is 0.998. The van der Waals surface area contributed by atoms with Crippen molar-refractivity contribution < 1.29 is 9.53 Å². The standard InChI is InChI=1S/C10H21NO2/c1-5-9(3)7-11(4)10(12)8-13-6-2/h9H,5-8H2,1-4H3. The maximum atomic E-state index is 11.4. The highest BCUT2D eigenvalue weighted by atomic mass is 16.5. The van der Waals surface area contributed by atoms with Crippen molar-refractivity contribution in [3.8, 4) is 0 Å². The Balaban J connectivity index is 3.68. The van der Waals surface area contributed by atoms with Crippen molar-refractivity contribution in [1.82, 2.24) is 4.90 Å². The van der Waals surface area contributed by atoms with Crippen molar-refractivity contribution in [2.24, 2.45) is 5.92 Å². The summed E-state index contributed by atoms with van der Waals surface area (Å²) in [6.07, 6.45) is 1.10. The highest BCUT2D eigenvalue weighted by Gasteiger charge is 2.10. The monoisotopic (exact) mass is 187 g/mol. The molecule has 3 nitrogen and oxygen atoms in total. The van der Waals surface area contributed by atoms with Crippen LogP contribution in [0.15, 0.2) is 0 Å². The fourth-order valence-electron chi connectivity index (χ4n) is 0.998. The molecule has 0 rings (SSSR count). The molecule has 13 heavy (non-hydrogen) atoms. The van der Waals surface area contributed by atoms with Crippen molar-refractivity contribution in [3.05, 3.63) is 0 Å². The fraction of sp³-hybridized carbons (Fsp3) is 0.900. The normalized spacial score (nSPS) is 12.6. The number of carbonyl (C=O) groups is 1. The third-order valence-corrected chi connectivity index (χ3v) is 2.14. The van der Waals surface area contributed by atoms with E-state index in [1.165, 1.54) is 0 Å². The van der Waals surface area contributed by atoms with Gasteiger partial charge in [0.15, 0.2) is 0 Å². The van der Waals surface area contributed by atoms with E-state index in [0.29, 0.717) is 12.5 Å². The van der Waals surface area contributed by atoms with Crippen molar-refractivity contribution >= 4 is 5.91 Å². The summed E-state index contributed by atoms with van der Waals surface area (Å²) in [5.41, 5.74) is 0. The molecule has 0 aliphatic rings. The zero-order valence-corrected chi connectivity index (χ0v) is 9.17. The van der Waals surface area contributed by atoms with Gasteiger partial charge < -0.3 is 9.64 Å². The molecule has 0 spiro atoms. The third kappa shape index (κ3) is 5.64. The molecule has 0 aromatic carbocycles. The minimum atomic E-state index is 0.0714. The number of amides is 1. The Hall–Kier alpha value is -0.570. The predicted molar refractivity (Wildman–Crippen MR) is 53.6 cm³/mol. The summed E-state index contributed by atoms with van der Waals surface area (Å²) < 4.78 is 5.04. The SMILES string of the molecule is CCOCC(=O)N(C)CC(C)CC. The molecule has 0 saturated carbocycles. The van der Waals surface area contributed by atoms with Gasteiger partial charge in [0.05, 0.1) is 0 Å². The van der Waals surface area contributed by atoms with E-state index >= 15 is 0 Å². The van der Waals surface area contributed by atoms with Gasteiger partial charge in [-0.25, -0.2) is 0 Å². The summed E-state index contributed by atoms with van der Waals surface area (Å²) in [7, 11) is 1.83. The number of hydrogen-bond donors (Lipinski definition) is 0. The first-order valence-corrected chi connectivity index (χ1v) is 4.93. The van der Waals surface area contributed by atoms with Crippen LogP contribution in [-0.4, -0.2) is 37.6 Å². The van der Waals surface area contributed by atoms with Crippen LogP contribution >= 0.6 is 0 Å². The first kappa shape index (κ1) is 12.4. The smallest absolute Gasteiger partial charge is 0.248 e. The molecule has 1 unspecified atom stereocenters. The Morgan fingerprint density at radius 2 is 2.08 bits per heavy atom. The summed E-state index contributed by atoms with van der Waals surface area (Å²) in [5, 5.41) is 0. The molecule has 0 fully saturated rings. The summed E-state index contributed by atoms with van der Waals surface area (Å²) in [6.45, 7) is 7.80. The van der Waals surface area contributed by atoms with E-state index in [2.05, 4.69) is 13.8 Å². The van der Waals surface area contributed by atoms with Crippen LogP contribution in [0.4, 0.5) is 0 Å². The van der Waals surface area contributed by atoms with Crippen molar-refractivity contribution in [2.75, 3.05) is 26.8 Å². The highest BCUT2D eigenvalue weighted by Crippen LogP contribution is 2.02. The molecule has 0 aromatic rings. The molecule has 0 bridgehead atoms. The van der Waals surface area contributed by atoms with Crippen LogP contribution in [0.5, 0.6) is 0 Å². The Bertz CT molecular complexity index is 148. The topological polar surface area (TPSA) is 29.5 Å². The van der Waals surface area contributed by atoms with Gasteiger partial charge in [-0.1, -0.05) is 20.3 Å². The summed E-state index contributed by atoms with van der Waals surface area (Å²) >= 11 is 0. The van der Waals surface area contributed by atoms with E-state index in [4.69, 9.17) is 4.74 Å². The molecule has 0 aliphatic heterocycles. The van der Waals surface area contributed by atoms with Gasteiger partial charge in [-0.3, -0.25) is 4.79 Å². The molecule has 0 saturated heterocycles. The number of nitrogens with zero attached hydrogens (tertiary/aromatic N) is 1. The lowest BCUT2D eigenvalue weighted by molar-refractivity contribution is -0.135. The van der Waals surface area contributed by atoms with Gasteiger partial charge in [0, 0.05) is 20.2 Å². The second-order valence-corrected chi connectivity index (χ2v) is 3.42. The largest absolute Gasteiger partial charge is 0.372 e. The van der Waals surface area contributed by atoms with Crippen LogP contribution in [0.1, 0.15) is 27.2 Å². The van der Waals surface area contributed by atoms with E-state index in [0.717, 1.165) is 13.0 Å². The van der Waals surface area contributed by atoms with Gasteiger partial charge in [-0.2, -0.15) is 0 Å². The van der Waals surface area contributed by atoms with Crippen molar-refractivity contribution in [1.29, 1.82) is 0 Å². The van der Waals surface area contributed by atoms with Crippen LogP contribution in [0.2, 0.25) is 0 Å². The minimum absolute atomic E-state index is 0.0714. The third-order valence-electron chi connectivity index (χ3n) is 2.14. The van der Waals surface area contributed by atoms with E-state index in [1.807, 2.05) is 14.0 Å². The maximum absolute atomic E-state index is 11.4. The quantitative estimate of drug-likeness (QED) is 0.631. The molecule has 0 heterocycles. The van der Waals surface area contributed by atoms with Crippen LogP contribution in [0.25, 0.3) is 0 Å². The van der Waals surface area contributed by atoms with E-state index in [-0.39, 0.29) is 12.5 Å². The van der Waals surface area contributed by atoms with E-state index in [1.54, 1.807) is 4.90 Å². The number of hydrogen-bond acceptors (Lipinski definition) is 2. The van der Waals surface area contributed by atoms with Gasteiger partial charge in [0.2, 0.25) is 5.91 Å². The van der Waals surface area contributed by atoms with Crippen LogP contribution in [0, 0.1) is 5.92 Å². The molecule has 0 aromatic heterocycles. The molecule has 1 atom stereocenters. The van der Waals surface area contributed by atoms with Gasteiger partial charge in [0.25, 0.3) is 0 Å². The number of likely N-dealkylation sites (N-methyl/N-ethyl adjacent to an activating group) is 1. The first-order valence-electron chi connectivity index (χ1n) is 4.93.